The second-order valence-corrected chi connectivity index (χ2v) is 5.95. The molecule has 6 heteroatoms. The van der Waals surface area contributed by atoms with Crippen molar-refractivity contribution in [1.29, 1.82) is 0 Å². The number of hydrogen-bond donors (Lipinski definition) is 2. The van der Waals surface area contributed by atoms with Gasteiger partial charge in [0, 0.05) is 11.4 Å². The van der Waals surface area contributed by atoms with Crippen LogP contribution in [0.2, 0.25) is 0 Å². The Kier molecular flexibility index (Phi) is 5.58. The van der Waals surface area contributed by atoms with E-state index in [9.17, 15) is 14.3 Å². The smallest absolute Gasteiger partial charge is 0.230 e. The zero-order valence-electron chi connectivity index (χ0n) is 10.6. The van der Waals surface area contributed by atoms with Crippen LogP contribution in [0, 0.1) is 5.82 Å². The summed E-state index contributed by atoms with van der Waals surface area (Å²) in [5, 5.41) is 16.2. The van der Waals surface area contributed by atoms with E-state index in [1.165, 1.54) is 35.2 Å². The Hall–Kier alpha value is -1.37. The minimum Gasteiger partial charge on any atom is -0.387 e. The average Bonchev–Trinajstić information content (AvgIpc) is 2.98. The summed E-state index contributed by atoms with van der Waals surface area (Å²) in [6, 6.07) is 7.82. The molecular weight excluding hydrogens is 297 g/mol. The highest BCUT2D eigenvalue weighted by Gasteiger charge is 2.10. The van der Waals surface area contributed by atoms with Gasteiger partial charge in [-0.3, -0.25) is 4.79 Å². The van der Waals surface area contributed by atoms with Gasteiger partial charge in [-0.05, 0) is 46.7 Å². The van der Waals surface area contributed by atoms with Gasteiger partial charge in [-0.2, -0.15) is 11.3 Å². The molecule has 0 spiro atoms. The quantitative estimate of drug-likeness (QED) is 0.807. The molecule has 0 aliphatic heterocycles. The Morgan fingerprint density at radius 2 is 2.10 bits per heavy atom. The van der Waals surface area contributed by atoms with Crippen molar-refractivity contribution in [2.45, 2.75) is 11.0 Å². The summed E-state index contributed by atoms with van der Waals surface area (Å²) in [5.41, 5.74) is 0.807. The van der Waals surface area contributed by atoms with Crippen LogP contribution in [0.25, 0.3) is 0 Å². The highest BCUT2D eigenvalue weighted by Crippen LogP contribution is 2.18. The molecule has 1 aromatic heterocycles. The van der Waals surface area contributed by atoms with Gasteiger partial charge >= 0.3 is 0 Å². The normalized spacial score (nSPS) is 12.1. The zero-order valence-corrected chi connectivity index (χ0v) is 12.2. The summed E-state index contributed by atoms with van der Waals surface area (Å²) in [5.74, 6) is -0.214. The molecule has 0 radical (unpaired) electrons. The van der Waals surface area contributed by atoms with E-state index in [1.54, 1.807) is 12.1 Å². The second-order valence-electron chi connectivity index (χ2n) is 4.12. The first-order valence-electron chi connectivity index (χ1n) is 6.00. The van der Waals surface area contributed by atoms with Gasteiger partial charge in [0.25, 0.3) is 0 Å². The number of carbonyl (C=O) groups is 1. The molecule has 0 saturated heterocycles. The van der Waals surface area contributed by atoms with Crippen LogP contribution >= 0.6 is 23.1 Å². The second kappa shape index (κ2) is 7.42. The van der Waals surface area contributed by atoms with Crippen molar-refractivity contribution in [3.05, 3.63) is 52.5 Å². The molecule has 3 nitrogen and oxygen atoms in total. The lowest BCUT2D eigenvalue weighted by Crippen LogP contribution is -2.29. The molecule has 106 valence electrons. The van der Waals surface area contributed by atoms with E-state index in [4.69, 9.17) is 0 Å². The molecule has 1 aromatic carbocycles. The number of aliphatic hydroxyl groups is 1. The number of halogens is 1. The van der Waals surface area contributed by atoms with Crippen LogP contribution in [0.5, 0.6) is 0 Å². The fraction of sp³-hybridized carbons (Fsp3) is 0.214. The molecule has 0 fully saturated rings. The number of carbonyl (C=O) groups excluding carboxylic acids is 1. The molecule has 2 rings (SSSR count). The number of rotatable bonds is 6. The molecular formula is C14H14FNO2S2. The Morgan fingerprint density at radius 1 is 1.35 bits per heavy atom. The first-order valence-corrected chi connectivity index (χ1v) is 7.93. The van der Waals surface area contributed by atoms with Crippen LogP contribution in [0.15, 0.2) is 46.0 Å². The SMILES string of the molecule is O=C(CSc1ccc(F)cc1)NC[C@@H](O)c1ccsc1. The van der Waals surface area contributed by atoms with Crippen molar-refractivity contribution >= 4 is 29.0 Å². The highest BCUT2D eigenvalue weighted by molar-refractivity contribution is 8.00. The maximum absolute atomic E-state index is 12.7. The first kappa shape index (κ1) is 15.0. The van der Waals surface area contributed by atoms with Gasteiger partial charge in [-0.1, -0.05) is 0 Å². The monoisotopic (exact) mass is 311 g/mol. The molecule has 1 amide bonds. The van der Waals surface area contributed by atoms with E-state index < -0.39 is 6.10 Å². The third-order valence-electron chi connectivity index (χ3n) is 2.60. The Balaban J connectivity index is 1.71. The highest BCUT2D eigenvalue weighted by atomic mass is 32.2. The van der Waals surface area contributed by atoms with Gasteiger partial charge in [-0.15, -0.1) is 11.8 Å². The van der Waals surface area contributed by atoms with Crippen molar-refractivity contribution in [3.63, 3.8) is 0 Å². The van der Waals surface area contributed by atoms with E-state index in [-0.39, 0.29) is 24.0 Å². The number of aliphatic hydroxyl groups excluding tert-OH is 1. The topological polar surface area (TPSA) is 49.3 Å². The van der Waals surface area contributed by atoms with Gasteiger partial charge in [0.2, 0.25) is 5.91 Å². The Morgan fingerprint density at radius 3 is 2.75 bits per heavy atom. The van der Waals surface area contributed by atoms with Crippen LogP contribution in [-0.4, -0.2) is 23.3 Å². The Labute approximate surface area is 124 Å². The third-order valence-corrected chi connectivity index (χ3v) is 4.32. The van der Waals surface area contributed by atoms with Crippen molar-refractivity contribution in [2.24, 2.45) is 0 Å². The number of thiophene rings is 1. The summed E-state index contributed by atoms with van der Waals surface area (Å²) >= 11 is 2.83. The van der Waals surface area contributed by atoms with Gasteiger partial charge in [-0.25, -0.2) is 4.39 Å². The third kappa shape index (κ3) is 4.63. The number of nitrogens with one attached hydrogen (secondary N) is 1. The maximum atomic E-state index is 12.7. The maximum Gasteiger partial charge on any atom is 0.230 e. The van der Waals surface area contributed by atoms with Crippen LogP contribution in [-0.2, 0) is 4.79 Å². The molecule has 0 saturated carbocycles. The lowest BCUT2D eigenvalue weighted by molar-refractivity contribution is -0.119. The molecule has 2 aromatic rings. The van der Waals surface area contributed by atoms with E-state index in [0.717, 1.165) is 10.5 Å². The number of benzene rings is 1. The number of amides is 1. The average molecular weight is 311 g/mol. The lowest BCUT2D eigenvalue weighted by atomic mass is 10.2. The molecule has 1 atom stereocenters. The van der Waals surface area contributed by atoms with E-state index in [2.05, 4.69) is 5.32 Å². The van der Waals surface area contributed by atoms with Gasteiger partial charge < -0.3 is 10.4 Å². The molecule has 20 heavy (non-hydrogen) atoms. The number of thioether (sulfide) groups is 1. The van der Waals surface area contributed by atoms with E-state index in [1.807, 2.05) is 16.8 Å². The summed E-state index contributed by atoms with van der Waals surface area (Å²) in [7, 11) is 0. The van der Waals surface area contributed by atoms with Crippen LogP contribution in [0.4, 0.5) is 4.39 Å². The first-order chi connectivity index (χ1) is 9.65. The Bertz CT molecular complexity index is 543. The van der Waals surface area contributed by atoms with Crippen molar-refractivity contribution in [1.82, 2.24) is 5.32 Å². The molecule has 0 bridgehead atoms. The zero-order chi connectivity index (χ0) is 14.4. The lowest BCUT2D eigenvalue weighted by Gasteiger charge is -2.10. The van der Waals surface area contributed by atoms with E-state index >= 15 is 0 Å². The summed E-state index contributed by atoms with van der Waals surface area (Å²) in [4.78, 5) is 12.5. The molecule has 1 heterocycles. The minimum atomic E-state index is -0.680. The molecule has 2 N–H and O–H groups in total. The minimum absolute atomic E-state index is 0.159. The van der Waals surface area contributed by atoms with Crippen molar-refractivity contribution in [2.75, 3.05) is 12.3 Å². The largest absolute Gasteiger partial charge is 0.387 e. The van der Waals surface area contributed by atoms with Crippen molar-refractivity contribution in [3.8, 4) is 0 Å². The predicted octanol–water partition coefficient (Wildman–Crippen LogP) is 2.83. The summed E-state index contributed by atoms with van der Waals surface area (Å²) in [6.45, 7) is 0.194. The van der Waals surface area contributed by atoms with Crippen LogP contribution in [0.3, 0.4) is 0 Å². The van der Waals surface area contributed by atoms with Gasteiger partial charge in [0.05, 0.1) is 11.9 Å². The predicted molar refractivity (Wildman–Crippen MR) is 79.4 cm³/mol. The fourth-order valence-corrected chi connectivity index (χ4v) is 2.96. The van der Waals surface area contributed by atoms with Crippen LogP contribution in [0.1, 0.15) is 11.7 Å². The fourth-order valence-electron chi connectivity index (χ4n) is 1.52. The van der Waals surface area contributed by atoms with Crippen LogP contribution < -0.4 is 5.32 Å². The summed E-state index contributed by atoms with van der Waals surface area (Å²) in [6.07, 6.45) is -0.680. The molecule has 0 unspecified atom stereocenters. The van der Waals surface area contributed by atoms with E-state index in [0.29, 0.717) is 0 Å². The standard InChI is InChI=1S/C14H14FNO2S2/c15-11-1-3-12(4-2-11)20-9-14(18)16-7-13(17)10-5-6-19-8-10/h1-6,8,13,17H,7,9H2,(H,16,18)/t13-/m1/s1. The van der Waals surface area contributed by atoms with Gasteiger partial charge in [0.15, 0.2) is 0 Å². The molecule has 0 aliphatic carbocycles. The molecule has 0 aliphatic rings. The summed E-state index contributed by atoms with van der Waals surface area (Å²) < 4.78 is 12.7. The van der Waals surface area contributed by atoms with Gasteiger partial charge in [0.1, 0.15) is 5.82 Å². The number of hydrogen-bond acceptors (Lipinski definition) is 4. The van der Waals surface area contributed by atoms with Crippen molar-refractivity contribution < 1.29 is 14.3 Å².